The number of fused-ring (bicyclic) bond motifs is 1. The van der Waals surface area contributed by atoms with Gasteiger partial charge in [-0.05, 0) is 43.1 Å². The molecular formula is C23H29FN6O3. The quantitative estimate of drug-likeness (QED) is 0.751. The lowest BCUT2D eigenvalue weighted by atomic mass is 10.1. The number of aromatic carboxylic acids is 1. The number of anilines is 1. The maximum atomic E-state index is 14.2. The van der Waals surface area contributed by atoms with E-state index in [-0.39, 0.29) is 17.5 Å². The third-order valence-corrected chi connectivity index (χ3v) is 7.02. The molecule has 1 amide bonds. The second-order valence-corrected chi connectivity index (χ2v) is 9.05. The molecule has 1 aromatic heterocycles. The standard InChI is InChI=1S/C23H29FN6O3/c24-18-4-3-17(21(14-18)29-13-12-27-6-1-2-19(27)16-29)15-26-8-10-28(11-9-26)23(33)30-7-5-20(25-30)22(31)32/h3-5,7,14,19H,1-2,6,8-13,15-16H2,(H,31,32). The molecule has 3 aliphatic heterocycles. The Hall–Kier alpha value is -2.98. The van der Waals surface area contributed by atoms with E-state index in [9.17, 15) is 14.0 Å². The molecule has 176 valence electrons. The van der Waals surface area contributed by atoms with Crippen LogP contribution in [0.5, 0.6) is 0 Å². The third kappa shape index (κ3) is 4.58. The predicted molar refractivity (Wildman–Crippen MR) is 120 cm³/mol. The van der Waals surface area contributed by atoms with Crippen molar-refractivity contribution in [2.75, 3.05) is 57.3 Å². The van der Waals surface area contributed by atoms with Gasteiger partial charge >= 0.3 is 12.0 Å². The molecule has 1 unspecified atom stereocenters. The number of halogens is 1. The van der Waals surface area contributed by atoms with Gasteiger partial charge in [0.1, 0.15) is 5.82 Å². The zero-order valence-electron chi connectivity index (χ0n) is 18.6. The zero-order chi connectivity index (χ0) is 22.9. The minimum absolute atomic E-state index is 0.149. The largest absolute Gasteiger partial charge is 0.476 e. The third-order valence-electron chi connectivity index (χ3n) is 7.02. The number of rotatable bonds is 4. The second kappa shape index (κ2) is 9.11. The molecule has 1 aromatic carbocycles. The van der Waals surface area contributed by atoms with E-state index in [1.165, 1.54) is 37.7 Å². The average Bonchev–Trinajstić information content (AvgIpc) is 3.50. The van der Waals surface area contributed by atoms with Crippen molar-refractivity contribution >= 4 is 17.7 Å². The molecule has 1 N–H and O–H groups in total. The molecule has 4 heterocycles. The number of nitrogens with zero attached hydrogens (tertiary/aromatic N) is 6. The van der Waals surface area contributed by atoms with Gasteiger partial charge in [-0.3, -0.25) is 9.80 Å². The van der Waals surface area contributed by atoms with Gasteiger partial charge in [-0.25, -0.2) is 14.0 Å². The Balaban J connectivity index is 1.22. The summed E-state index contributed by atoms with van der Waals surface area (Å²) in [5.41, 5.74) is 1.95. The molecule has 3 saturated heterocycles. The van der Waals surface area contributed by atoms with E-state index >= 15 is 0 Å². The molecule has 5 rings (SSSR count). The number of carbonyl (C=O) groups is 2. The summed E-state index contributed by atoms with van der Waals surface area (Å²) in [5, 5.41) is 12.8. The number of carbonyl (C=O) groups excluding carboxylic acids is 1. The number of piperazine rings is 2. The highest BCUT2D eigenvalue weighted by Crippen LogP contribution is 2.29. The van der Waals surface area contributed by atoms with E-state index in [1.807, 2.05) is 6.07 Å². The molecule has 0 bridgehead atoms. The van der Waals surface area contributed by atoms with Gasteiger partial charge in [0, 0.05) is 70.3 Å². The number of aromatic nitrogens is 2. The van der Waals surface area contributed by atoms with Crippen LogP contribution in [0, 0.1) is 5.82 Å². The van der Waals surface area contributed by atoms with Crippen molar-refractivity contribution in [2.45, 2.75) is 25.4 Å². The van der Waals surface area contributed by atoms with Crippen LogP contribution in [-0.2, 0) is 6.54 Å². The fourth-order valence-electron chi connectivity index (χ4n) is 5.20. The molecule has 0 saturated carbocycles. The van der Waals surface area contributed by atoms with Crippen molar-refractivity contribution in [1.29, 1.82) is 0 Å². The van der Waals surface area contributed by atoms with Crippen LogP contribution in [0.3, 0.4) is 0 Å². The van der Waals surface area contributed by atoms with Gasteiger partial charge in [-0.15, -0.1) is 0 Å². The summed E-state index contributed by atoms with van der Waals surface area (Å²) < 4.78 is 15.2. The molecule has 33 heavy (non-hydrogen) atoms. The van der Waals surface area contributed by atoms with E-state index in [1.54, 1.807) is 11.0 Å². The van der Waals surface area contributed by atoms with E-state index in [0.717, 1.165) is 35.6 Å². The fraction of sp³-hybridized carbons (Fsp3) is 0.522. The van der Waals surface area contributed by atoms with Crippen LogP contribution in [-0.4, -0.2) is 100.0 Å². The lowest BCUT2D eigenvalue weighted by Crippen LogP contribution is -2.51. The van der Waals surface area contributed by atoms with E-state index in [2.05, 4.69) is 19.8 Å². The summed E-state index contributed by atoms with van der Waals surface area (Å²) in [4.78, 5) is 32.5. The lowest BCUT2D eigenvalue weighted by molar-refractivity contribution is 0.0689. The van der Waals surface area contributed by atoms with Gasteiger partial charge in [-0.1, -0.05) is 6.07 Å². The Kier molecular flexibility index (Phi) is 6.03. The Labute approximate surface area is 192 Å². The Morgan fingerprint density at radius 2 is 1.88 bits per heavy atom. The lowest BCUT2D eigenvalue weighted by Gasteiger charge is -2.40. The van der Waals surface area contributed by atoms with E-state index in [0.29, 0.717) is 38.8 Å². The first kappa shape index (κ1) is 21.8. The van der Waals surface area contributed by atoms with Crippen LogP contribution in [0.25, 0.3) is 0 Å². The Bertz CT molecular complexity index is 1030. The number of benzene rings is 1. The molecule has 0 radical (unpaired) electrons. The van der Waals surface area contributed by atoms with Gasteiger partial charge in [-0.2, -0.15) is 9.78 Å². The van der Waals surface area contributed by atoms with Crippen molar-refractivity contribution in [2.24, 2.45) is 0 Å². The summed E-state index contributed by atoms with van der Waals surface area (Å²) in [6.45, 7) is 7.19. The van der Waals surface area contributed by atoms with Gasteiger partial charge in [0.25, 0.3) is 0 Å². The van der Waals surface area contributed by atoms with Gasteiger partial charge in [0.15, 0.2) is 5.69 Å². The predicted octanol–water partition coefficient (Wildman–Crippen LogP) is 1.79. The molecule has 0 aliphatic carbocycles. The molecule has 3 aliphatic rings. The van der Waals surface area contributed by atoms with Gasteiger partial charge in [0.2, 0.25) is 0 Å². The number of hydrogen-bond acceptors (Lipinski definition) is 6. The zero-order valence-corrected chi connectivity index (χ0v) is 18.6. The molecule has 3 fully saturated rings. The SMILES string of the molecule is O=C(O)c1ccn(C(=O)N2CCN(Cc3ccc(F)cc3N3CCN4CCCC4C3)CC2)n1. The first-order valence-electron chi connectivity index (χ1n) is 11.6. The van der Waals surface area contributed by atoms with Crippen molar-refractivity contribution in [1.82, 2.24) is 24.5 Å². The molecule has 2 aromatic rings. The second-order valence-electron chi connectivity index (χ2n) is 9.05. The summed E-state index contributed by atoms with van der Waals surface area (Å²) >= 11 is 0. The maximum absolute atomic E-state index is 14.2. The maximum Gasteiger partial charge on any atom is 0.356 e. The van der Waals surface area contributed by atoms with Crippen molar-refractivity contribution in [3.8, 4) is 0 Å². The van der Waals surface area contributed by atoms with Crippen molar-refractivity contribution < 1.29 is 19.1 Å². The summed E-state index contributed by atoms with van der Waals surface area (Å²) in [6, 6.07) is 6.64. The minimum Gasteiger partial charge on any atom is -0.476 e. The fourth-order valence-corrected chi connectivity index (χ4v) is 5.20. The van der Waals surface area contributed by atoms with E-state index in [4.69, 9.17) is 5.11 Å². The van der Waals surface area contributed by atoms with Crippen LogP contribution < -0.4 is 4.90 Å². The number of amides is 1. The average molecular weight is 457 g/mol. The van der Waals surface area contributed by atoms with Gasteiger partial charge in [0.05, 0.1) is 0 Å². The molecule has 9 nitrogen and oxygen atoms in total. The van der Waals surface area contributed by atoms with Crippen molar-refractivity contribution in [3.05, 3.63) is 47.5 Å². The van der Waals surface area contributed by atoms with E-state index < -0.39 is 5.97 Å². The topological polar surface area (TPSA) is 85.1 Å². The first-order valence-corrected chi connectivity index (χ1v) is 11.6. The molecule has 0 spiro atoms. The number of hydrogen-bond donors (Lipinski definition) is 1. The highest BCUT2D eigenvalue weighted by atomic mass is 19.1. The summed E-state index contributed by atoms with van der Waals surface area (Å²) in [7, 11) is 0. The monoisotopic (exact) mass is 456 g/mol. The van der Waals surface area contributed by atoms with Crippen LogP contribution in [0.2, 0.25) is 0 Å². The molecule has 1 atom stereocenters. The summed E-state index contributed by atoms with van der Waals surface area (Å²) in [5.74, 6) is -1.37. The molecule has 10 heteroatoms. The highest BCUT2D eigenvalue weighted by molar-refractivity contribution is 5.86. The van der Waals surface area contributed by atoms with Crippen molar-refractivity contribution in [3.63, 3.8) is 0 Å². The van der Waals surface area contributed by atoms with Gasteiger partial charge < -0.3 is 14.9 Å². The normalized spacial score (nSPS) is 21.9. The highest BCUT2D eigenvalue weighted by Gasteiger charge is 2.32. The van der Waals surface area contributed by atoms with Crippen LogP contribution in [0.4, 0.5) is 14.9 Å². The first-order chi connectivity index (χ1) is 16.0. The Morgan fingerprint density at radius 3 is 2.64 bits per heavy atom. The number of carboxylic acid groups (broad SMARTS) is 1. The number of carboxylic acids is 1. The molecular weight excluding hydrogens is 427 g/mol. The minimum atomic E-state index is -1.16. The smallest absolute Gasteiger partial charge is 0.356 e. The van der Waals surface area contributed by atoms with Crippen LogP contribution >= 0.6 is 0 Å². The summed E-state index contributed by atoms with van der Waals surface area (Å²) in [6.07, 6.45) is 3.84. The van der Waals surface area contributed by atoms with Crippen LogP contribution in [0.1, 0.15) is 28.9 Å². The van der Waals surface area contributed by atoms with Crippen LogP contribution in [0.15, 0.2) is 30.5 Å². The Morgan fingerprint density at radius 1 is 1.06 bits per heavy atom.